The molecule has 0 radical (unpaired) electrons. The summed E-state index contributed by atoms with van der Waals surface area (Å²) in [4.78, 5) is 2.37. The van der Waals surface area contributed by atoms with Crippen molar-refractivity contribution in [3.05, 3.63) is 5.82 Å². The first kappa shape index (κ1) is 12.9. The SMILES string of the molecule is Cn1c(C2CCCCC2)nnc1N1CCCNCC1. The molecule has 1 aliphatic carbocycles. The number of anilines is 1. The lowest BCUT2D eigenvalue weighted by atomic mass is 9.89. The highest BCUT2D eigenvalue weighted by Crippen LogP contribution is 2.32. The molecule has 0 atom stereocenters. The van der Waals surface area contributed by atoms with Crippen molar-refractivity contribution >= 4 is 5.95 Å². The molecule has 1 saturated heterocycles. The molecule has 2 heterocycles. The Morgan fingerprint density at radius 3 is 2.68 bits per heavy atom. The molecule has 5 nitrogen and oxygen atoms in total. The van der Waals surface area contributed by atoms with Crippen LogP contribution in [-0.4, -0.2) is 40.9 Å². The standard InChI is InChI=1S/C14H25N5/c1-18-13(12-6-3-2-4-7-12)16-17-14(18)19-10-5-8-15-9-11-19/h12,15H,2-11H2,1H3. The van der Waals surface area contributed by atoms with E-state index < -0.39 is 0 Å². The molecule has 2 aliphatic rings. The van der Waals surface area contributed by atoms with Crippen molar-refractivity contribution in [2.45, 2.75) is 44.4 Å². The van der Waals surface area contributed by atoms with Crippen LogP contribution in [0, 0.1) is 0 Å². The lowest BCUT2D eigenvalue weighted by molar-refractivity contribution is 0.420. The minimum atomic E-state index is 0.630. The Morgan fingerprint density at radius 1 is 1.00 bits per heavy atom. The molecule has 0 aromatic carbocycles. The second kappa shape index (κ2) is 5.90. The first-order valence-corrected chi connectivity index (χ1v) is 7.71. The smallest absolute Gasteiger partial charge is 0.227 e. The van der Waals surface area contributed by atoms with Crippen LogP contribution >= 0.6 is 0 Å². The molecule has 19 heavy (non-hydrogen) atoms. The van der Waals surface area contributed by atoms with Crippen LogP contribution in [0.1, 0.15) is 50.3 Å². The lowest BCUT2D eigenvalue weighted by Crippen LogP contribution is -2.30. The van der Waals surface area contributed by atoms with Gasteiger partial charge in [0.25, 0.3) is 0 Å². The maximum absolute atomic E-state index is 4.50. The Kier molecular flexibility index (Phi) is 4.01. The number of nitrogens with zero attached hydrogens (tertiary/aromatic N) is 4. The first-order valence-electron chi connectivity index (χ1n) is 7.71. The van der Waals surface area contributed by atoms with Gasteiger partial charge in [-0.3, -0.25) is 0 Å². The van der Waals surface area contributed by atoms with Crippen LogP contribution in [0.25, 0.3) is 0 Å². The molecule has 106 valence electrons. The van der Waals surface area contributed by atoms with Gasteiger partial charge in [0.1, 0.15) is 5.82 Å². The predicted octanol–water partition coefficient (Wildman–Crippen LogP) is 1.66. The highest BCUT2D eigenvalue weighted by atomic mass is 15.4. The van der Waals surface area contributed by atoms with Crippen LogP contribution in [0.2, 0.25) is 0 Å². The van der Waals surface area contributed by atoms with Gasteiger partial charge < -0.3 is 14.8 Å². The molecule has 1 saturated carbocycles. The minimum absolute atomic E-state index is 0.630. The summed E-state index contributed by atoms with van der Waals surface area (Å²) in [6, 6.07) is 0. The van der Waals surface area contributed by atoms with Gasteiger partial charge in [-0.1, -0.05) is 19.3 Å². The third kappa shape index (κ3) is 2.76. The molecule has 1 aromatic rings. The Labute approximate surface area is 115 Å². The minimum Gasteiger partial charge on any atom is -0.340 e. The molecule has 1 N–H and O–H groups in total. The van der Waals surface area contributed by atoms with Gasteiger partial charge in [0.05, 0.1) is 0 Å². The highest BCUT2D eigenvalue weighted by Gasteiger charge is 2.23. The van der Waals surface area contributed by atoms with Crippen LogP contribution in [0.4, 0.5) is 5.95 Å². The summed E-state index contributed by atoms with van der Waals surface area (Å²) >= 11 is 0. The van der Waals surface area contributed by atoms with Gasteiger partial charge in [-0.25, -0.2) is 0 Å². The van der Waals surface area contributed by atoms with Gasteiger partial charge in [-0.2, -0.15) is 0 Å². The topological polar surface area (TPSA) is 46.0 Å². The Morgan fingerprint density at radius 2 is 1.84 bits per heavy atom. The number of rotatable bonds is 2. The van der Waals surface area contributed by atoms with E-state index in [1.165, 1.54) is 44.3 Å². The van der Waals surface area contributed by atoms with Crippen molar-refractivity contribution in [2.75, 3.05) is 31.1 Å². The molecule has 0 unspecified atom stereocenters. The molecule has 0 spiro atoms. The van der Waals surface area contributed by atoms with E-state index in [9.17, 15) is 0 Å². The van der Waals surface area contributed by atoms with Crippen molar-refractivity contribution in [2.24, 2.45) is 7.05 Å². The third-order valence-electron chi connectivity index (χ3n) is 4.48. The van der Waals surface area contributed by atoms with Crippen molar-refractivity contribution in [3.8, 4) is 0 Å². The lowest BCUT2D eigenvalue weighted by Gasteiger charge is -2.23. The fraction of sp³-hybridized carbons (Fsp3) is 0.857. The molecule has 0 bridgehead atoms. The molecule has 5 heteroatoms. The maximum atomic E-state index is 4.50. The van der Waals surface area contributed by atoms with Crippen LogP contribution in [-0.2, 0) is 7.05 Å². The molecule has 0 amide bonds. The van der Waals surface area contributed by atoms with E-state index in [2.05, 4.69) is 32.0 Å². The van der Waals surface area contributed by atoms with Crippen molar-refractivity contribution in [1.29, 1.82) is 0 Å². The van der Waals surface area contributed by atoms with E-state index in [0.29, 0.717) is 5.92 Å². The zero-order valence-corrected chi connectivity index (χ0v) is 11.9. The summed E-state index contributed by atoms with van der Waals surface area (Å²) in [5.41, 5.74) is 0. The van der Waals surface area contributed by atoms with E-state index in [1.54, 1.807) is 0 Å². The zero-order valence-electron chi connectivity index (χ0n) is 11.9. The van der Waals surface area contributed by atoms with Gasteiger partial charge in [0.2, 0.25) is 5.95 Å². The molecule has 1 aromatic heterocycles. The average molecular weight is 263 g/mol. The summed E-state index contributed by atoms with van der Waals surface area (Å²) in [6.45, 7) is 4.29. The largest absolute Gasteiger partial charge is 0.340 e. The van der Waals surface area contributed by atoms with Crippen molar-refractivity contribution < 1.29 is 0 Å². The summed E-state index contributed by atoms with van der Waals surface area (Å²) in [5.74, 6) is 2.89. The molecule has 1 aliphatic heterocycles. The summed E-state index contributed by atoms with van der Waals surface area (Å²) in [6.07, 6.45) is 7.84. The Bertz CT molecular complexity index is 400. The van der Waals surface area contributed by atoms with E-state index >= 15 is 0 Å². The van der Waals surface area contributed by atoms with Gasteiger partial charge in [-0.05, 0) is 25.8 Å². The van der Waals surface area contributed by atoms with E-state index in [4.69, 9.17) is 0 Å². The number of hydrogen-bond donors (Lipinski definition) is 1. The van der Waals surface area contributed by atoms with Crippen LogP contribution in [0.15, 0.2) is 0 Å². The average Bonchev–Trinajstić information content (AvgIpc) is 2.67. The number of hydrogen-bond acceptors (Lipinski definition) is 4. The van der Waals surface area contributed by atoms with Crippen LogP contribution < -0.4 is 10.2 Å². The van der Waals surface area contributed by atoms with Crippen molar-refractivity contribution in [1.82, 2.24) is 20.1 Å². The van der Waals surface area contributed by atoms with E-state index in [-0.39, 0.29) is 0 Å². The molecular weight excluding hydrogens is 238 g/mol. The van der Waals surface area contributed by atoms with E-state index in [0.717, 1.165) is 32.1 Å². The third-order valence-corrected chi connectivity index (χ3v) is 4.48. The van der Waals surface area contributed by atoms with Crippen LogP contribution in [0.5, 0.6) is 0 Å². The highest BCUT2D eigenvalue weighted by molar-refractivity contribution is 5.31. The zero-order chi connectivity index (χ0) is 13.1. The fourth-order valence-corrected chi connectivity index (χ4v) is 3.37. The number of nitrogens with one attached hydrogen (secondary N) is 1. The predicted molar refractivity (Wildman–Crippen MR) is 76.5 cm³/mol. The van der Waals surface area contributed by atoms with Gasteiger partial charge in [0.15, 0.2) is 0 Å². The summed E-state index contributed by atoms with van der Waals surface area (Å²) in [5, 5.41) is 12.4. The Hall–Kier alpha value is -1.10. The fourth-order valence-electron chi connectivity index (χ4n) is 3.37. The van der Waals surface area contributed by atoms with Gasteiger partial charge >= 0.3 is 0 Å². The van der Waals surface area contributed by atoms with Gasteiger partial charge in [-0.15, -0.1) is 10.2 Å². The van der Waals surface area contributed by atoms with Crippen molar-refractivity contribution in [3.63, 3.8) is 0 Å². The summed E-state index contributed by atoms with van der Waals surface area (Å²) in [7, 11) is 2.14. The second-order valence-corrected chi connectivity index (χ2v) is 5.84. The molecular formula is C14H25N5. The first-order chi connectivity index (χ1) is 9.36. The quantitative estimate of drug-likeness (QED) is 0.881. The molecule has 3 rings (SSSR count). The summed E-state index contributed by atoms with van der Waals surface area (Å²) < 4.78 is 2.24. The maximum Gasteiger partial charge on any atom is 0.227 e. The normalized spacial score (nSPS) is 22.5. The Balaban J connectivity index is 1.77. The molecule has 2 fully saturated rings. The second-order valence-electron chi connectivity index (χ2n) is 5.84. The number of aromatic nitrogens is 3. The van der Waals surface area contributed by atoms with Crippen LogP contribution in [0.3, 0.4) is 0 Å². The van der Waals surface area contributed by atoms with Gasteiger partial charge in [0, 0.05) is 32.6 Å². The van der Waals surface area contributed by atoms with E-state index in [1.807, 2.05) is 0 Å². The monoisotopic (exact) mass is 263 g/mol.